The number of hydrogen-bond donors (Lipinski definition) is 0. The van der Waals surface area contributed by atoms with E-state index in [0.29, 0.717) is 18.1 Å². The molecule has 0 spiro atoms. The average Bonchev–Trinajstić information content (AvgIpc) is 3.32. The van der Waals surface area contributed by atoms with E-state index in [2.05, 4.69) is 23.3 Å². The maximum atomic E-state index is 13.8. The van der Waals surface area contributed by atoms with Crippen LogP contribution in [0.1, 0.15) is 35.2 Å². The molecule has 6 heteroatoms. The van der Waals surface area contributed by atoms with E-state index in [-0.39, 0.29) is 5.91 Å². The molecule has 0 unspecified atom stereocenters. The molecule has 2 aliphatic rings. The van der Waals surface area contributed by atoms with Crippen molar-refractivity contribution in [3.05, 3.63) is 82.1 Å². The molecule has 0 N–H and O–H groups in total. The van der Waals surface area contributed by atoms with Crippen LogP contribution in [0.5, 0.6) is 5.75 Å². The Labute approximate surface area is 181 Å². The van der Waals surface area contributed by atoms with E-state index in [1.807, 2.05) is 42.3 Å². The first-order valence-electron chi connectivity index (χ1n) is 10.3. The first-order valence-corrected chi connectivity index (χ1v) is 10.7. The molecular weight excluding hydrogens is 398 g/mol. The molecule has 0 saturated heterocycles. The van der Waals surface area contributed by atoms with Crippen LogP contribution in [0.2, 0.25) is 5.02 Å². The Bertz CT molecular complexity index is 1090. The minimum Gasteiger partial charge on any atom is -0.493 e. The van der Waals surface area contributed by atoms with Crippen molar-refractivity contribution in [3.63, 3.8) is 0 Å². The summed E-state index contributed by atoms with van der Waals surface area (Å²) in [5.74, 6) is 1.10. The summed E-state index contributed by atoms with van der Waals surface area (Å²) in [5.41, 5.74) is 3.70. The van der Waals surface area contributed by atoms with Gasteiger partial charge in [-0.2, -0.15) is 5.10 Å². The number of fused-ring (bicyclic) bond motifs is 1. The van der Waals surface area contributed by atoms with Crippen LogP contribution in [-0.4, -0.2) is 27.2 Å². The maximum absolute atomic E-state index is 13.8. The molecule has 1 aromatic heterocycles. The topological polar surface area (TPSA) is 47.4 Å². The summed E-state index contributed by atoms with van der Waals surface area (Å²) in [5, 5.41) is 5.06. The van der Waals surface area contributed by atoms with Gasteiger partial charge in [0.15, 0.2) is 0 Å². The Morgan fingerprint density at radius 2 is 2.00 bits per heavy atom. The highest BCUT2D eigenvalue weighted by Gasteiger charge is 2.53. The second-order valence-corrected chi connectivity index (χ2v) is 8.65. The molecule has 0 atom stereocenters. The van der Waals surface area contributed by atoms with Crippen molar-refractivity contribution in [1.82, 2.24) is 14.7 Å². The molecule has 0 bridgehead atoms. The van der Waals surface area contributed by atoms with Gasteiger partial charge in [-0.1, -0.05) is 54.1 Å². The highest BCUT2D eigenvalue weighted by molar-refractivity contribution is 6.31. The molecule has 3 aromatic rings. The molecule has 5 rings (SSSR count). The number of rotatable bonds is 6. The summed E-state index contributed by atoms with van der Waals surface area (Å²) in [7, 11) is 1.84. The van der Waals surface area contributed by atoms with Crippen LogP contribution >= 0.6 is 11.6 Å². The predicted octanol–water partition coefficient (Wildman–Crippen LogP) is 4.27. The highest BCUT2D eigenvalue weighted by atomic mass is 35.5. The van der Waals surface area contributed by atoms with Gasteiger partial charge in [-0.05, 0) is 35.6 Å². The van der Waals surface area contributed by atoms with Crippen molar-refractivity contribution in [2.45, 2.75) is 37.8 Å². The molecule has 1 amide bonds. The second-order valence-electron chi connectivity index (χ2n) is 8.25. The fraction of sp³-hybridized carbons (Fsp3) is 0.333. The van der Waals surface area contributed by atoms with Gasteiger partial charge in [0.05, 0.1) is 23.6 Å². The van der Waals surface area contributed by atoms with Crippen molar-refractivity contribution in [2.24, 2.45) is 7.05 Å². The molecule has 0 radical (unpaired) electrons. The standard InChI is InChI=1S/C24H24ClN3O2/c1-27-15-20(25)21(26-27)16-28(14-17-7-8-22-18(13-17)9-12-30-22)23(29)24(10-11-24)19-5-3-2-4-6-19/h2-8,13,15H,9-12,14,16H2,1H3. The lowest BCUT2D eigenvalue weighted by molar-refractivity contribution is -0.135. The summed E-state index contributed by atoms with van der Waals surface area (Å²) in [6.45, 7) is 1.64. The van der Waals surface area contributed by atoms with Gasteiger partial charge in [0.1, 0.15) is 11.4 Å². The molecule has 2 heterocycles. The van der Waals surface area contributed by atoms with Crippen LogP contribution in [0.15, 0.2) is 54.7 Å². The number of carbonyl (C=O) groups is 1. The van der Waals surface area contributed by atoms with Gasteiger partial charge in [0, 0.05) is 26.2 Å². The van der Waals surface area contributed by atoms with Crippen LogP contribution in [-0.2, 0) is 36.8 Å². The van der Waals surface area contributed by atoms with Gasteiger partial charge in [-0.25, -0.2) is 0 Å². The normalized spacial score (nSPS) is 16.1. The van der Waals surface area contributed by atoms with Crippen LogP contribution in [0.3, 0.4) is 0 Å². The van der Waals surface area contributed by atoms with Crippen LogP contribution in [0.4, 0.5) is 0 Å². The number of nitrogens with zero attached hydrogens (tertiary/aromatic N) is 3. The van der Waals surface area contributed by atoms with E-state index in [9.17, 15) is 4.79 Å². The Morgan fingerprint density at radius 1 is 1.20 bits per heavy atom. The second kappa shape index (κ2) is 7.47. The summed E-state index contributed by atoms with van der Waals surface area (Å²) < 4.78 is 7.32. The van der Waals surface area contributed by atoms with Crippen LogP contribution < -0.4 is 4.74 Å². The third-order valence-corrected chi connectivity index (χ3v) is 6.41. The van der Waals surface area contributed by atoms with Gasteiger partial charge in [-0.3, -0.25) is 9.48 Å². The molecule has 154 valence electrons. The van der Waals surface area contributed by atoms with E-state index in [4.69, 9.17) is 16.3 Å². The Balaban J connectivity index is 1.46. The van der Waals surface area contributed by atoms with E-state index in [0.717, 1.165) is 48.4 Å². The Morgan fingerprint density at radius 3 is 2.70 bits per heavy atom. The molecule has 1 aliphatic heterocycles. The third kappa shape index (κ3) is 3.47. The average molecular weight is 422 g/mol. The number of aromatic nitrogens is 2. The van der Waals surface area contributed by atoms with Crippen molar-refractivity contribution < 1.29 is 9.53 Å². The number of carbonyl (C=O) groups excluding carboxylic acids is 1. The monoisotopic (exact) mass is 421 g/mol. The van der Waals surface area contributed by atoms with Crippen molar-refractivity contribution in [2.75, 3.05) is 6.61 Å². The molecule has 1 saturated carbocycles. The Kier molecular flexibility index (Phi) is 4.78. The molecule has 2 aromatic carbocycles. The molecule has 5 nitrogen and oxygen atoms in total. The SMILES string of the molecule is Cn1cc(Cl)c(CN(Cc2ccc3c(c2)CCO3)C(=O)C2(c3ccccc3)CC2)n1. The largest absolute Gasteiger partial charge is 0.493 e. The maximum Gasteiger partial charge on any atom is 0.233 e. The molecular formula is C24H24ClN3O2. The summed E-state index contributed by atoms with van der Waals surface area (Å²) in [4.78, 5) is 15.7. The molecule has 30 heavy (non-hydrogen) atoms. The van der Waals surface area contributed by atoms with E-state index in [1.165, 1.54) is 5.56 Å². The number of amides is 1. The zero-order valence-corrected chi connectivity index (χ0v) is 17.7. The lowest BCUT2D eigenvalue weighted by Gasteiger charge is -2.27. The molecule has 1 aliphatic carbocycles. The van der Waals surface area contributed by atoms with Crippen LogP contribution in [0.25, 0.3) is 0 Å². The zero-order chi connectivity index (χ0) is 20.7. The minimum atomic E-state index is -0.428. The molecule has 1 fully saturated rings. The van der Waals surface area contributed by atoms with Gasteiger partial charge in [-0.15, -0.1) is 0 Å². The number of halogens is 1. The predicted molar refractivity (Wildman–Crippen MR) is 115 cm³/mol. The fourth-order valence-corrected chi connectivity index (χ4v) is 4.60. The van der Waals surface area contributed by atoms with E-state index in [1.54, 1.807) is 10.9 Å². The van der Waals surface area contributed by atoms with E-state index < -0.39 is 5.41 Å². The summed E-state index contributed by atoms with van der Waals surface area (Å²) in [6, 6.07) is 16.3. The quantitative estimate of drug-likeness (QED) is 0.597. The zero-order valence-electron chi connectivity index (χ0n) is 17.0. The lowest BCUT2D eigenvalue weighted by atomic mass is 9.94. The van der Waals surface area contributed by atoms with Gasteiger partial charge >= 0.3 is 0 Å². The minimum absolute atomic E-state index is 0.146. The summed E-state index contributed by atoms with van der Waals surface area (Å²) in [6.07, 6.45) is 4.44. The van der Waals surface area contributed by atoms with Gasteiger partial charge in [0.25, 0.3) is 0 Å². The van der Waals surface area contributed by atoms with Crippen molar-refractivity contribution in [1.29, 1.82) is 0 Å². The van der Waals surface area contributed by atoms with Gasteiger partial charge in [0.2, 0.25) is 5.91 Å². The third-order valence-electron chi connectivity index (χ3n) is 6.10. The van der Waals surface area contributed by atoms with Gasteiger partial charge < -0.3 is 9.64 Å². The highest BCUT2D eigenvalue weighted by Crippen LogP contribution is 2.50. The number of ether oxygens (including phenoxy) is 1. The van der Waals surface area contributed by atoms with E-state index >= 15 is 0 Å². The first kappa shape index (κ1) is 19.2. The Hall–Kier alpha value is -2.79. The van der Waals surface area contributed by atoms with Crippen molar-refractivity contribution in [3.8, 4) is 5.75 Å². The number of benzene rings is 2. The van der Waals surface area contributed by atoms with Crippen LogP contribution in [0, 0.1) is 0 Å². The first-order chi connectivity index (χ1) is 14.5. The number of hydrogen-bond acceptors (Lipinski definition) is 3. The lowest BCUT2D eigenvalue weighted by Crippen LogP contribution is -2.38. The smallest absolute Gasteiger partial charge is 0.233 e. The summed E-state index contributed by atoms with van der Waals surface area (Å²) >= 11 is 6.38. The van der Waals surface area contributed by atoms with Crippen molar-refractivity contribution >= 4 is 17.5 Å². The fourth-order valence-electron chi connectivity index (χ4n) is 4.36. The number of aryl methyl sites for hydroxylation is 1.